The van der Waals surface area contributed by atoms with Gasteiger partial charge in [0, 0.05) is 19.0 Å². The zero-order valence-electron chi connectivity index (χ0n) is 10.1. The fourth-order valence-corrected chi connectivity index (χ4v) is 2.87. The molecule has 1 aromatic carbocycles. The maximum atomic E-state index is 11.5. The normalized spacial score (nSPS) is 26.6. The van der Waals surface area contributed by atoms with Gasteiger partial charge in [0.05, 0.1) is 7.11 Å². The van der Waals surface area contributed by atoms with Crippen LogP contribution in [0.5, 0.6) is 0 Å². The molecule has 3 nitrogen and oxygen atoms in total. The number of nitrogens with zero attached hydrogens (tertiary/aromatic N) is 1. The molecule has 1 aliphatic heterocycles. The van der Waals surface area contributed by atoms with Crippen LogP contribution >= 0.6 is 0 Å². The van der Waals surface area contributed by atoms with E-state index in [2.05, 4.69) is 29.2 Å². The maximum Gasteiger partial charge on any atom is 0.323 e. The highest BCUT2D eigenvalue weighted by Crippen LogP contribution is 2.37. The van der Waals surface area contributed by atoms with Gasteiger partial charge in [-0.15, -0.1) is 0 Å². The van der Waals surface area contributed by atoms with Crippen LogP contribution in [0.1, 0.15) is 23.5 Å². The number of carbonyl (C=O) groups excluding carboxylic acids is 1. The van der Waals surface area contributed by atoms with Gasteiger partial charge >= 0.3 is 5.97 Å². The third-order valence-electron chi connectivity index (χ3n) is 4.02. The van der Waals surface area contributed by atoms with E-state index in [9.17, 15) is 4.79 Å². The monoisotopic (exact) mass is 231 g/mol. The molecule has 0 bridgehead atoms. The third-order valence-corrected chi connectivity index (χ3v) is 4.02. The van der Waals surface area contributed by atoms with Crippen molar-refractivity contribution in [2.24, 2.45) is 0 Å². The van der Waals surface area contributed by atoms with Crippen LogP contribution in [-0.4, -0.2) is 37.1 Å². The molecular formula is C14H17NO2. The Kier molecular flexibility index (Phi) is 2.63. The summed E-state index contributed by atoms with van der Waals surface area (Å²) >= 11 is 0. The molecule has 0 saturated carbocycles. The second-order valence-electron chi connectivity index (χ2n) is 4.92. The van der Waals surface area contributed by atoms with Crippen molar-refractivity contribution < 1.29 is 9.53 Å². The summed E-state index contributed by atoms with van der Waals surface area (Å²) in [5.74, 6) is 0.530. The van der Waals surface area contributed by atoms with Gasteiger partial charge in [-0.1, -0.05) is 24.3 Å². The van der Waals surface area contributed by atoms with E-state index in [0.717, 1.165) is 25.9 Å². The van der Waals surface area contributed by atoms with E-state index in [1.54, 1.807) is 0 Å². The van der Waals surface area contributed by atoms with Gasteiger partial charge < -0.3 is 4.74 Å². The number of rotatable bonds is 3. The van der Waals surface area contributed by atoms with Crippen LogP contribution < -0.4 is 0 Å². The first-order valence-electron chi connectivity index (χ1n) is 6.19. The second-order valence-corrected chi connectivity index (χ2v) is 4.92. The van der Waals surface area contributed by atoms with E-state index >= 15 is 0 Å². The molecule has 17 heavy (non-hydrogen) atoms. The van der Waals surface area contributed by atoms with Crippen molar-refractivity contribution in [2.75, 3.05) is 20.2 Å². The minimum Gasteiger partial charge on any atom is -0.468 e. The smallest absolute Gasteiger partial charge is 0.323 e. The van der Waals surface area contributed by atoms with Crippen molar-refractivity contribution in [3.05, 3.63) is 35.4 Å². The Morgan fingerprint density at radius 2 is 2.29 bits per heavy atom. The zero-order valence-corrected chi connectivity index (χ0v) is 10.1. The maximum absolute atomic E-state index is 11.5. The molecule has 0 N–H and O–H groups in total. The Balaban J connectivity index is 1.61. The lowest BCUT2D eigenvalue weighted by molar-refractivity contribution is -0.152. The van der Waals surface area contributed by atoms with Crippen LogP contribution in [0.4, 0.5) is 0 Å². The van der Waals surface area contributed by atoms with Crippen molar-refractivity contribution in [1.29, 1.82) is 0 Å². The van der Waals surface area contributed by atoms with Gasteiger partial charge in [0.25, 0.3) is 0 Å². The van der Waals surface area contributed by atoms with E-state index in [0.29, 0.717) is 5.92 Å². The predicted octanol–water partition coefficient (Wildman–Crippen LogP) is 1.57. The number of methoxy groups -OCH3 is 1. The number of esters is 1. The number of benzene rings is 1. The molecule has 1 aromatic rings. The molecular weight excluding hydrogens is 214 g/mol. The van der Waals surface area contributed by atoms with Gasteiger partial charge in [0.2, 0.25) is 0 Å². The average molecular weight is 231 g/mol. The fourth-order valence-electron chi connectivity index (χ4n) is 2.87. The topological polar surface area (TPSA) is 29.5 Å². The minimum absolute atomic E-state index is 0.00719. The quantitative estimate of drug-likeness (QED) is 0.740. The average Bonchev–Trinajstić information content (AvgIpc) is 2.28. The molecule has 0 amide bonds. The number of likely N-dealkylation sites (tertiary alicyclic amines) is 1. The number of hydrogen-bond donors (Lipinski definition) is 0. The number of ether oxygens (including phenoxy) is 1. The molecule has 1 fully saturated rings. The van der Waals surface area contributed by atoms with Crippen molar-refractivity contribution in [1.82, 2.24) is 4.90 Å². The molecule has 3 heteroatoms. The highest BCUT2D eigenvalue weighted by molar-refractivity contribution is 5.76. The molecule has 1 heterocycles. The van der Waals surface area contributed by atoms with Gasteiger partial charge in [-0.25, -0.2) is 0 Å². The molecule has 2 atom stereocenters. The van der Waals surface area contributed by atoms with Crippen LogP contribution in [0.2, 0.25) is 0 Å². The number of carbonyl (C=O) groups is 1. The molecule has 0 aromatic heterocycles. The fraction of sp³-hybridized carbons (Fsp3) is 0.500. The van der Waals surface area contributed by atoms with Crippen molar-refractivity contribution in [2.45, 2.75) is 24.8 Å². The molecule has 2 unspecified atom stereocenters. The lowest BCUT2D eigenvalue weighted by Gasteiger charge is -2.43. The van der Waals surface area contributed by atoms with Crippen molar-refractivity contribution in [3.63, 3.8) is 0 Å². The van der Waals surface area contributed by atoms with E-state index in [1.165, 1.54) is 18.2 Å². The third kappa shape index (κ3) is 1.75. The standard InChI is InChI=1S/C14H17NO2/c1-17-14(16)13-6-7-15(13)9-11-8-10-4-2-3-5-12(10)11/h2-5,11,13H,6-9H2,1H3. The first kappa shape index (κ1) is 10.8. The molecule has 0 spiro atoms. The van der Waals surface area contributed by atoms with Crippen LogP contribution in [0.25, 0.3) is 0 Å². The van der Waals surface area contributed by atoms with Gasteiger partial charge in [0.1, 0.15) is 6.04 Å². The second kappa shape index (κ2) is 4.15. The Hall–Kier alpha value is -1.35. The van der Waals surface area contributed by atoms with Gasteiger partial charge in [-0.2, -0.15) is 0 Å². The van der Waals surface area contributed by atoms with Crippen molar-refractivity contribution >= 4 is 5.97 Å². The highest BCUT2D eigenvalue weighted by Gasteiger charge is 2.38. The molecule has 90 valence electrons. The molecule has 0 radical (unpaired) electrons. The lowest BCUT2D eigenvalue weighted by atomic mass is 9.76. The van der Waals surface area contributed by atoms with Crippen molar-refractivity contribution in [3.8, 4) is 0 Å². The van der Waals surface area contributed by atoms with E-state index in [1.807, 2.05) is 0 Å². The molecule has 3 rings (SSSR count). The number of hydrogen-bond acceptors (Lipinski definition) is 3. The van der Waals surface area contributed by atoms with Crippen LogP contribution in [0.15, 0.2) is 24.3 Å². The van der Waals surface area contributed by atoms with Gasteiger partial charge in [0.15, 0.2) is 0 Å². The van der Waals surface area contributed by atoms with E-state index in [-0.39, 0.29) is 12.0 Å². The van der Waals surface area contributed by atoms with E-state index in [4.69, 9.17) is 4.74 Å². The first-order chi connectivity index (χ1) is 8.29. The Labute approximate surface area is 101 Å². The minimum atomic E-state index is -0.0798. The predicted molar refractivity (Wildman–Crippen MR) is 64.9 cm³/mol. The molecule has 1 aliphatic carbocycles. The SMILES string of the molecule is COC(=O)C1CCN1CC1Cc2ccccc21. The van der Waals surface area contributed by atoms with Crippen LogP contribution in [0, 0.1) is 0 Å². The number of fused-ring (bicyclic) bond motifs is 1. The summed E-state index contributed by atoms with van der Waals surface area (Å²) in [6, 6.07) is 8.60. The Morgan fingerprint density at radius 1 is 1.47 bits per heavy atom. The summed E-state index contributed by atoms with van der Waals surface area (Å²) in [5.41, 5.74) is 2.93. The summed E-state index contributed by atoms with van der Waals surface area (Å²) in [6.07, 6.45) is 2.10. The first-order valence-corrected chi connectivity index (χ1v) is 6.19. The summed E-state index contributed by atoms with van der Waals surface area (Å²) in [7, 11) is 1.47. The van der Waals surface area contributed by atoms with Gasteiger partial charge in [-0.05, 0) is 24.0 Å². The van der Waals surface area contributed by atoms with Crippen LogP contribution in [0.3, 0.4) is 0 Å². The molecule has 2 aliphatic rings. The van der Waals surface area contributed by atoms with Gasteiger partial charge in [-0.3, -0.25) is 9.69 Å². The van der Waals surface area contributed by atoms with Crippen LogP contribution in [-0.2, 0) is 16.0 Å². The summed E-state index contributed by atoms with van der Waals surface area (Å²) < 4.78 is 4.81. The summed E-state index contributed by atoms with van der Waals surface area (Å²) in [6.45, 7) is 2.02. The largest absolute Gasteiger partial charge is 0.468 e. The lowest BCUT2D eigenvalue weighted by Crippen LogP contribution is -2.54. The Bertz CT molecular complexity index is 444. The molecule has 1 saturated heterocycles. The summed E-state index contributed by atoms with van der Waals surface area (Å²) in [5, 5.41) is 0. The zero-order chi connectivity index (χ0) is 11.8. The van der Waals surface area contributed by atoms with E-state index < -0.39 is 0 Å². The highest BCUT2D eigenvalue weighted by atomic mass is 16.5. The Morgan fingerprint density at radius 3 is 2.94 bits per heavy atom. The summed E-state index contributed by atoms with van der Waals surface area (Å²) in [4.78, 5) is 13.7.